The number of ether oxygens (including phenoxy) is 1. The summed E-state index contributed by atoms with van der Waals surface area (Å²) in [7, 11) is -2.62. The van der Waals surface area contributed by atoms with Gasteiger partial charge in [0, 0.05) is 12.2 Å². The fourth-order valence-corrected chi connectivity index (χ4v) is 5.00. The van der Waals surface area contributed by atoms with Gasteiger partial charge in [0.05, 0.1) is 13.5 Å². The van der Waals surface area contributed by atoms with Crippen LogP contribution in [0.25, 0.3) is 0 Å². The second-order valence-corrected chi connectivity index (χ2v) is 9.98. The SMILES string of the molecule is COC(=O)CC(NS(=O)(=O)c1ccccn1)C(Cc1ccc(C)cc1)Cc1ccc(C)cc1. The molecule has 0 aliphatic rings. The van der Waals surface area contributed by atoms with Crippen LogP contribution in [0.15, 0.2) is 78.0 Å². The lowest BCUT2D eigenvalue weighted by molar-refractivity contribution is -0.141. The molecule has 1 unspecified atom stereocenters. The van der Waals surface area contributed by atoms with Crippen molar-refractivity contribution in [3.05, 3.63) is 95.2 Å². The Morgan fingerprint density at radius 2 is 1.45 bits per heavy atom. The van der Waals surface area contributed by atoms with Crippen LogP contribution in [0.3, 0.4) is 0 Å². The van der Waals surface area contributed by atoms with Gasteiger partial charge in [0.15, 0.2) is 5.03 Å². The number of carbonyl (C=O) groups excluding carboxylic acids is 1. The topological polar surface area (TPSA) is 85.4 Å². The Kier molecular flexibility index (Phi) is 8.36. The van der Waals surface area contributed by atoms with E-state index in [0.717, 1.165) is 22.3 Å². The maximum atomic E-state index is 13.1. The second-order valence-electron chi connectivity index (χ2n) is 8.32. The van der Waals surface area contributed by atoms with Gasteiger partial charge in [-0.25, -0.2) is 18.1 Å². The summed E-state index contributed by atoms with van der Waals surface area (Å²) in [6, 6.07) is 20.3. The van der Waals surface area contributed by atoms with E-state index in [0.29, 0.717) is 12.8 Å². The highest BCUT2D eigenvalue weighted by molar-refractivity contribution is 7.89. The van der Waals surface area contributed by atoms with Gasteiger partial charge in [-0.1, -0.05) is 65.7 Å². The van der Waals surface area contributed by atoms with Crippen molar-refractivity contribution < 1.29 is 17.9 Å². The standard InChI is InChI=1S/C26H30N2O4S/c1-19-7-11-21(12-8-19)16-23(17-22-13-9-20(2)10-14-22)24(18-26(29)32-3)28-33(30,31)25-6-4-5-15-27-25/h4-15,23-24,28H,16-18H2,1-3H3. The lowest BCUT2D eigenvalue weighted by Gasteiger charge is -2.28. The van der Waals surface area contributed by atoms with Gasteiger partial charge in [0.25, 0.3) is 10.0 Å². The third kappa shape index (κ3) is 7.23. The van der Waals surface area contributed by atoms with Gasteiger partial charge < -0.3 is 4.74 Å². The number of aromatic nitrogens is 1. The molecule has 0 saturated heterocycles. The lowest BCUT2D eigenvalue weighted by atomic mass is 9.85. The summed E-state index contributed by atoms with van der Waals surface area (Å²) in [5, 5.41) is -0.0794. The number of hydrogen-bond acceptors (Lipinski definition) is 5. The Bertz CT molecular complexity index is 1100. The van der Waals surface area contributed by atoms with Crippen molar-refractivity contribution in [2.75, 3.05) is 7.11 Å². The van der Waals surface area contributed by atoms with E-state index in [1.54, 1.807) is 12.1 Å². The van der Waals surface area contributed by atoms with Gasteiger partial charge >= 0.3 is 5.97 Å². The molecule has 33 heavy (non-hydrogen) atoms. The highest BCUT2D eigenvalue weighted by Gasteiger charge is 2.30. The molecule has 3 rings (SSSR count). The summed E-state index contributed by atoms with van der Waals surface area (Å²) in [6.07, 6.45) is 2.55. The molecule has 2 aromatic carbocycles. The molecule has 0 fully saturated rings. The summed E-state index contributed by atoms with van der Waals surface area (Å²) in [5.74, 6) is -0.658. The summed E-state index contributed by atoms with van der Waals surface area (Å²) >= 11 is 0. The average molecular weight is 467 g/mol. The number of hydrogen-bond donors (Lipinski definition) is 1. The predicted molar refractivity (Wildman–Crippen MR) is 128 cm³/mol. The van der Waals surface area contributed by atoms with Crippen molar-refractivity contribution in [1.29, 1.82) is 0 Å². The number of aryl methyl sites for hydroxylation is 2. The number of nitrogens with one attached hydrogen (secondary N) is 1. The van der Waals surface area contributed by atoms with Gasteiger partial charge in [0.1, 0.15) is 0 Å². The molecule has 0 saturated carbocycles. The van der Waals surface area contributed by atoms with Crippen LogP contribution in [0.4, 0.5) is 0 Å². The summed E-state index contributed by atoms with van der Waals surface area (Å²) in [5.41, 5.74) is 4.45. The van der Waals surface area contributed by atoms with Crippen molar-refractivity contribution in [1.82, 2.24) is 9.71 Å². The Morgan fingerprint density at radius 1 is 0.909 bits per heavy atom. The molecular weight excluding hydrogens is 436 g/mol. The molecule has 0 amide bonds. The molecule has 0 bridgehead atoms. The molecule has 0 radical (unpaired) electrons. The number of sulfonamides is 1. The zero-order valence-corrected chi connectivity index (χ0v) is 20.0. The van der Waals surface area contributed by atoms with Crippen LogP contribution in [0.2, 0.25) is 0 Å². The van der Waals surface area contributed by atoms with Gasteiger partial charge in [-0.05, 0) is 55.9 Å². The van der Waals surface area contributed by atoms with Crippen LogP contribution >= 0.6 is 0 Å². The van der Waals surface area contributed by atoms with Crippen LogP contribution < -0.4 is 4.72 Å². The number of esters is 1. The third-order valence-electron chi connectivity index (χ3n) is 5.64. The highest BCUT2D eigenvalue weighted by atomic mass is 32.2. The van der Waals surface area contributed by atoms with E-state index in [1.807, 2.05) is 62.4 Å². The van der Waals surface area contributed by atoms with Crippen molar-refractivity contribution in [3.8, 4) is 0 Å². The first-order valence-corrected chi connectivity index (χ1v) is 12.4. The van der Waals surface area contributed by atoms with Crippen LogP contribution in [0.1, 0.15) is 28.7 Å². The van der Waals surface area contributed by atoms with E-state index in [-0.39, 0.29) is 17.4 Å². The van der Waals surface area contributed by atoms with E-state index in [4.69, 9.17) is 4.74 Å². The van der Waals surface area contributed by atoms with E-state index in [2.05, 4.69) is 9.71 Å². The van der Waals surface area contributed by atoms with Gasteiger partial charge in [-0.2, -0.15) is 0 Å². The van der Waals surface area contributed by atoms with Crippen LogP contribution in [-0.4, -0.2) is 32.5 Å². The molecule has 1 aromatic heterocycles. The minimum Gasteiger partial charge on any atom is -0.469 e. The van der Waals surface area contributed by atoms with E-state index in [1.165, 1.54) is 19.4 Å². The van der Waals surface area contributed by atoms with Crippen LogP contribution in [0, 0.1) is 19.8 Å². The Morgan fingerprint density at radius 3 is 1.91 bits per heavy atom. The first kappa shape index (κ1) is 24.6. The molecule has 1 N–H and O–H groups in total. The predicted octanol–water partition coefficient (Wildman–Crippen LogP) is 4.01. The smallest absolute Gasteiger partial charge is 0.307 e. The first-order chi connectivity index (χ1) is 15.8. The molecular formula is C26H30N2O4S. The molecule has 3 aromatic rings. The molecule has 0 aliphatic heterocycles. The molecule has 0 spiro atoms. The van der Waals surface area contributed by atoms with E-state index in [9.17, 15) is 13.2 Å². The van der Waals surface area contributed by atoms with Crippen LogP contribution in [-0.2, 0) is 32.4 Å². The van der Waals surface area contributed by atoms with Gasteiger partial charge in [0.2, 0.25) is 0 Å². The normalized spacial score (nSPS) is 12.5. The maximum absolute atomic E-state index is 13.1. The molecule has 7 heteroatoms. The summed E-state index contributed by atoms with van der Waals surface area (Å²) in [6.45, 7) is 4.04. The molecule has 1 heterocycles. The largest absolute Gasteiger partial charge is 0.469 e. The highest BCUT2D eigenvalue weighted by Crippen LogP contribution is 2.23. The Balaban J connectivity index is 1.96. The number of carbonyl (C=O) groups is 1. The van der Waals surface area contributed by atoms with Crippen molar-refractivity contribution in [3.63, 3.8) is 0 Å². The zero-order chi connectivity index (χ0) is 23.8. The summed E-state index contributed by atoms with van der Waals surface area (Å²) in [4.78, 5) is 16.3. The second kappa shape index (κ2) is 11.2. The fourth-order valence-electron chi connectivity index (χ4n) is 3.74. The fraction of sp³-hybridized carbons (Fsp3) is 0.308. The number of methoxy groups -OCH3 is 1. The molecule has 0 aliphatic carbocycles. The van der Waals surface area contributed by atoms with E-state index >= 15 is 0 Å². The monoisotopic (exact) mass is 466 g/mol. The summed E-state index contributed by atoms with van der Waals surface area (Å²) < 4.78 is 33.8. The average Bonchev–Trinajstić information content (AvgIpc) is 2.81. The van der Waals surface area contributed by atoms with Crippen molar-refractivity contribution in [2.24, 2.45) is 5.92 Å². The minimum absolute atomic E-state index is 0.0784. The number of nitrogens with zero attached hydrogens (tertiary/aromatic N) is 1. The molecule has 174 valence electrons. The number of pyridine rings is 1. The van der Waals surface area contributed by atoms with E-state index < -0.39 is 22.0 Å². The lowest BCUT2D eigenvalue weighted by Crippen LogP contribution is -2.43. The maximum Gasteiger partial charge on any atom is 0.307 e. The van der Waals surface area contributed by atoms with Crippen molar-refractivity contribution >= 4 is 16.0 Å². The number of rotatable bonds is 10. The Labute approximate surface area is 196 Å². The Hall–Kier alpha value is -3.03. The minimum atomic E-state index is -3.93. The number of benzene rings is 2. The third-order valence-corrected chi connectivity index (χ3v) is 7.05. The first-order valence-electron chi connectivity index (χ1n) is 10.9. The molecule has 1 atom stereocenters. The zero-order valence-electron chi connectivity index (χ0n) is 19.2. The van der Waals surface area contributed by atoms with Gasteiger partial charge in [-0.15, -0.1) is 0 Å². The van der Waals surface area contributed by atoms with Gasteiger partial charge in [-0.3, -0.25) is 4.79 Å². The van der Waals surface area contributed by atoms with Crippen molar-refractivity contribution in [2.45, 2.75) is 44.2 Å². The van der Waals surface area contributed by atoms with Crippen LogP contribution in [0.5, 0.6) is 0 Å². The quantitative estimate of drug-likeness (QED) is 0.456. The molecule has 6 nitrogen and oxygen atoms in total.